The smallest absolute Gasteiger partial charge is 0.0887 e. The molecule has 0 saturated carbocycles. The van der Waals surface area contributed by atoms with Gasteiger partial charge in [-0.15, -0.1) is 0 Å². The first kappa shape index (κ1) is 11.7. The van der Waals surface area contributed by atoms with Gasteiger partial charge in [-0.2, -0.15) is 0 Å². The Balaban J connectivity index is 2.21. The highest BCUT2D eigenvalue weighted by atomic mass is 79.9. The van der Waals surface area contributed by atoms with Gasteiger partial charge in [0.15, 0.2) is 0 Å². The van der Waals surface area contributed by atoms with Gasteiger partial charge in [-0.1, -0.05) is 13.8 Å². The van der Waals surface area contributed by atoms with Crippen LogP contribution in [0.15, 0.2) is 22.8 Å². The van der Waals surface area contributed by atoms with Gasteiger partial charge in [-0.3, -0.25) is 4.98 Å². The molecule has 0 aromatic carbocycles. The van der Waals surface area contributed by atoms with Gasteiger partial charge in [0.2, 0.25) is 0 Å². The summed E-state index contributed by atoms with van der Waals surface area (Å²) in [7, 11) is 0. The molecule has 0 saturated heterocycles. The van der Waals surface area contributed by atoms with E-state index in [1.54, 1.807) is 6.20 Å². The molecule has 0 amide bonds. The summed E-state index contributed by atoms with van der Waals surface area (Å²) in [6.45, 7) is 5.82. The Morgan fingerprint density at radius 2 is 2.21 bits per heavy atom. The summed E-state index contributed by atoms with van der Waals surface area (Å²) in [5.74, 6) is 0.702. The number of rotatable bonds is 5. The van der Waals surface area contributed by atoms with Crippen molar-refractivity contribution in [2.24, 2.45) is 5.92 Å². The van der Waals surface area contributed by atoms with Crippen molar-refractivity contribution in [1.29, 1.82) is 0 Å². The molecule has 0 aliphatic rings. The number of hydrogen-bond donors (Lipinski definition) is 0. The van der Waals surface area contributed by atoms with E-state index in [9.17, 15) is 0 Å². The normalized spacial score (nSPS) is 10.9. The van der Waals surface area contributed by atoms with E-state index in [1.165, 1.54) is 0 Å². The van der Waals surface area contributed by atoms with Gasteiger partial charge in [0.05, 0.1) is 12.3 Å². The number of ether oxygens (including phenoxy) is 1. The Labute approximate surface area is 93.8 Å². The van der Waals surface area contributed by atoms with Crippen LogP contribution in [0.1, 0.15) is 26.0 Å². The molecule has 1 aromatic heterocycles. The number of aromatic nitrogens is 1. The molecule has 0 atom stereocenters. The van der Waals surface area contributed by atoms with E-state index in [-0.39, 0.29) is 0 Å². The second kappa shape index (κ2) is 6.14. The fourth-order valence-electron chi connectivity index (χ4n) is 0.988. The molecule has 0 unspecified atom stereocenters. The monoisotopic (exact) mass is 257 g/mol. The molecule has 1 rings (SSSR count). The van der Waals surface area contributed by atoms with Gasteiger partial charge in [0.25, 0.3) is 0 Å². The van der Waals surface area contributed by atoms with Crippen molar-refractivity contribution in [3.8, 4) is 0 Å². The van der Waals surface area contributed by atoms with Crippen LogP contribution in [0.2, 0.25) is 0 Å². The molecule has 2 nitrogen and oxygen atoms in total. The Bertz CT molecular complexity index is 258. The SMILES string of the molecule is CC(C)CCOCc1ccc(Br)cn1. The summed E-state index contributed by atoms with van der Waals surface area (Å²) in [4.78, 5) is 4.22. The van der Waals surface area contributed by atoms with Crippen molar-refractivity contribution < 1.29 is 4.74 Å². The van der Waals surface area contributed by atoms with Gasteiger partial charge in [0, 0.05) is 17.3 Å². The fraction of sp³-hybridized carbons (Fsp3) is 0.545. The van der Waals surface area contributed by atoms with Crippen molar-refractivity contribution >= 4 is 15.9 Å². The summed E-state index contributed by atoms with van der Waals surface area (Å²) in [6.07, 6.45) is 2.90. The largest absolute Gasteiger partial charge is 0.375 e. The molecule has 1 heterocycles. The molecule has 14 heavy (non-hydrogen) atoms. The Kier molecular flexibility index (Phi) is 5.12. The summed E-state index contributed by atoms with van der Waals surface area (Å²) in [6, 6.07) is 3.95. The van der Waals surface area contributed by atoms with E-state index in [2.05, 4.69) is 34.8 Å². The third kappa shape index (κ3) is 4.72. The average Bonchev–Trinajstić information content (AvgIpc) is 2.15. The number of pyridine rings is 1. The molecule has 1 aromatic rings. The molecule has 3 heteroatoms. The lowest BCUT2D eigenvalue weighted by molar-refractivity contribution is 0.108. The highest BCUT2D eigenvalue weighted by Crippen LogP contribution is 2.08. The standard InChI is InChI=1S/C11H16BrNO/c1-9(2)5-6-14-8-11-4-3-10(12)7-13-11/h3-4,7,9H,5-6,8H2,1-2H3. The van der Waals surface area contributed by atoms with Crippen molar-refractivity contribution in [3.63, 3.8) is 0 Å². The molecule has 0 radical (unpaired) electrons. The van der Waals surface area contributed by atoms with Gasteiger partial charge < -0.3 is 4.74 Å². The van der Waals surface area contributed by atoms with Crippen molar-refractivity contribution in [3.05, 3.63) is 28.5 Å². The van der Waals surface area contributed by atoms with Gasteiger partial charge in [-0.25, -0.2) is 0 Å². The molecular formula is C11H16BrNO. The lowest BCUT2D eigenvalue weighted by Gasteiger charge is -2.05. The maximum Gasteiger partial charge on any atom is 0.0887 e. The molecule has 0 fully saturated rings. The maximum atomic E-state index is 5.49. The Morgan fingerprint density at radius 1 is 1.43 bits per heavy atom. The number of hydrogen-bond acceptors (Lipinski definition) is 2. The summed E-state index contributed by atoms with van der Waals surface area (Å²) in [5.41, 5.74) is 0.983. The zero-order chi connectivity index (χ0) is 10.4. The first-order chi connectivity index (χ1) is 6.68. The Hall–Kier alpha value is -0.410. The predicted octanol–water partition coefficient (Wildman–Crippen LogP) is 3.41. The average molecular weight is 258 g/mol. The third-order valence-corrected chi connectivity index (χ3v) is 2.35. The molecule has 0 aliphatic carbocycles. The minimum Gasteiger partial charge on any atom is -0.375 e. The molecule has 0 aliphatic heterocycles. The quantitative estimate of drug-likeness (QED) is 0.755. The summed E-state index contributed by atoms with van der Waals surface area (Å²) >= 11 is 3.34. The highest BCUT2D eigenvalue weighted by Gasteiger charge is 1.96. The van der Waals surface area contributed by atoms with Crippen molar-refractivity contribution in [2.75, 3.05) is 6.61 Å². The fourth-order valence-corrected chi connectivity index (χ4v) is 1.22. The first-order valence-electron chi connectivity index (χ1n) is 4.86. The minimum atomic E-state index is 0.611. The highest BCUT2D eigenvalue weighted by molar-refractivity contribution is 9.10. The van der Waals surface area contributed by atoms with E-state index in [0.29, 0.717) is 12.5 Å². The van der Waals surface area contributed by atoms with Crippen LogP contribution < -0.4 is 0 Å². The van der Waals surface area contributed by atoms with Crippen LogP contribution in [-0.2, 0) is 11.3 Å². The van der Waals surface area contributed by atoms with Crippen LogP contribution in [0.3, 0.4) is 0 Å². The van der Waals surface area contributed by atoms with E-state index >= 15 is 0 Å². The summed E-state index contributed by atoms with van der Waals surface area (Å²) < 4.78 is 6.50. The second-order valence-corrected chi connectivity index (χ2v) is 4.62. The van der Waals surface area contributed by atoms with E-state index < -0.39 is 0 Å². The van der Waals surface area contributed by atoms with Crippen LogP contribution in [-0.4, -0.2) is 11.6 Å². The third-order valence-electron chi connectivity index (χ3n) is 1.88. The molecule has 78 valence electrons. The van der Waals surface area contributed by atoms with E-state index in [4.69, 9.17) is 4.74 Å². The van der Waals surface area contributed by atoms with E-state index in [1.807, 2.05) is 12.1 Å². The minimum absolute atomic E-state index is 0.611. The van der Waals surface area contributed by atoms with Crippen LogP contribution in [0.25, 0.3) is 0 Å². The molecule has 0 bridgehead atoms. The predicted molar refractivity (Wildman–Crippen MR) is 61.0 cm³/mol. The van der Waals surface area contributed by atoms with Crippen LogP contribution in [0.4, 0.5) is 0 Å². The van der Waals surface area contributed by atoms with Gasteiger partial charge >= 0.3 is 0 Å². The Morgan fingerprint density at radius 3 is 2.79 bits per heavy atom. The van der Waals surface area contributed by atoms with Crippen LogP contribution >= 0.6 is 15.9 Å². The summed E-state index contributed by atoms with van der Waals surface area (Å²) in [5, 5.41) is 0. The lowest BCUT2D eigenvalue weighted by Crippen LogP contribution is -2.00. The number of nitrogens with zero attached hydrogens (tertiary/aromatic N) is 1. The zero-order valence-corrected chi connectivity index (χ0v) is 10.3. The lowest BCUT2D eigenvalue weighted by atomic mass is 10.1. The second-order valence-electron chi connectivity index (χ2n) is 3.70. The molecule has 0 N–H and O–H groups in total. The zero-order valence-electron chi connectivity index (χ0n) is 8.66. The van der Waals surface area contributed by atoms with Gasteiger partial charge in [0.1, 0.15) is 0 Å². The molecule has 0 spiro atoms. The van der Waals surface area contributed by atoms with Crippen LogP contribution in [0, 0.1) is 5.92 Å². The van der Waals surface area contributed by atoms with Crippen LogP contribution in [0.5, 0.6) is 0 Å². The first-order valence-corrected chi connectivity index (χ1v) is 5.66. The number of halogens is 1. The van der Waals surface area contributed by atoms with E-state index in [0.717, 1.165) is 23.2 Å². The molecular weight excluding hydrogens is 242 g/mol. The van der Waals surface area contributed by atoms with Crippen molar-refractivity contribution in [2.45, 2.75) is 26.9 Å². The van der Waals surface area contributed by atoms with Crippen molar-refractivity contribution in [1.82, 2.24) is 4.98 Å². The maximum absolute atomic E-state index is 5.49. The topological polar surface area (TPSA) is 22.1 Å². The van der Waals surface area contributed by atoms with Gasteiger partial charge in [-0.05, 0) is 40.4 Å².